The van der Waals surface area contributed by atoms with Crippen LogP contribution in [0.3, 0.4) is 0 Å². The molecule has 0 bridgehead atoms. The molecule has 1 amide bonds. The molecule has 0 aliphatic carbocycles. The summed E-state index contributed by atoms with van der Waals surface area (Å²) in [6, 6.07) is 0.306. The molecule has 0 radical (unpaired) electrons. The Bertz CT molecular complexity index is 220. The molecule has 2 atom stereocenters. The van der Waals surface area contributed by atoms with Gasteiger partial charge in [-0.15, -0.1) is 0 Å². The lowest BCUT2D eigenvalue weighted by atomic mass is 9.95. The van der Waals surface area contributed by atoms with E-state index in [4.69, 9.17) is 5.73 Å². The van der Waals surface area contributed by atoms with Crippen molar-refractivity contribution in [2.45, 2.75) is 26.3 Å². The molecule has 1 saturated heterocycles. The Balaban J connectivity index is 2.36. The first kappa shape index (κ1) is 12.5. The molecule has 4 nitrogen and oxygen atoms in total. The van der Waals surface area contributed by atoms with E-state index in [2.05, 4.69) is 11.8 Å². The number of piperidine rings is 1. The maximum Gasteiger partial charge on any atom is 0.236 e. The monoisotopic (exact) mass is 213 g/mol. The number of amides is 1. The Kier molecular flexibility index (Phi) is 4.54. The third-order valence-corrected chi connectivity index (χ3v) is 3.31. The molecular weight excluding hydrogens is 190 g/mol. The second kappa shape index (κ2) is 5.47. The van der Waals surface area contributed by atoms with Crippen LogP contribution in [0.5, 0.6) is 0 Å². The summed E-state index contributed by atoms with van der Waals surface area (Å²) >= 11 is 0. The standard InChI is InChI=1S/C11H23N3O/c1-4-13(3)11(15)8-14-6-5-10(12)9(2)7-14/h9-10H,4-8,12H2,1-3H3. The van der Waals surface area contributed by atoms with Gasteiger partial charge in [-0.05, 0) is 19.3 Å². The van der Waals surface area contributed by atoms with Crippen molar-refractivity contribution in [2.24, 2.45) is 11.7 Å². The van der Waals surface area contributed by atoms with Crippen LogP contribution in [-0.2, 0) is 4.79 Å². The Morgan fingerprint density at radius 2 is 2.27 bits per heavy atom. The number of hydrogen-bond acceptors (Lipinski definition) is 3. The van der Waals surface area contributed by atoms with Gasteiger partial charge in [-0.2, -0.15) is 0 Å². The zero-order valence-electron chi connectivity index (χ0n) is 10.1. The van der Waals surface area contributed by atoms with Gasteiger partial charge >= 0.3 is 0 Å². The molecule has 1 aliphatic heterocycles. The Hall–Kier alpha value is -0.610. The summed E-state index contributed by atoms with van der Waals surface area (Å²) in [4.78, 5) is 15.7. The second-order valence-electron chi connectivity index (χ2n) is 4.57. The van der Waals surface area contributed by atoms with E-state index in [0.717, 1.165) is 26.1 Å². The van der Waals surface area contributed by atoms with Gasteiger partial charge in [0.25, 0.3) is 0 Å². The number of nitrogens with zero attached hydrogens (tertiary/aromatic N) is 2. The van der Waals surface area contributed by atoms with Gasteiger partial charge in [-0.25, -0.2) is 0 Å². The minimum atomic E-state index is 0.208. The number of rotatable bonds is 3. The lowest BCUT2D eigenvalue weighted by Crippen LogP contribution is -2.49. The lowest BCUT2D eigenvalue weighted by molar-refractivity contribution is -0.131. The number of hydrogen-bond donors (Lipinski definition) is 1. The average molecular weight is 213 g/mol. The largest absolute Gasteiger partial charge is 0.345 e. The SMILES string of the molecule is CCN(C)C(=O)CN1CCC(N)C(C)C1. The first-order chi connectivity index (χ1) is 7.04. The smallest absolute Gasteiger partial charge is 0.236 e. The molecule has 1 aliphatic rings. The van der Waals surface area contributed by atoms with Crippen LogP contribution in [0.15, 0.2) is 0 Å². The van der Waals surface area contributed by atoms with Crippen LogP contribution in [0.25, 0.3) is 0 Å². The molecule has 0 spiro atoms. The average Bonchev–Trinajstić information content (AvgIpc) is 2.22. The van der Waals surface area contributed by atoms with Crippen molar-refractivity contribution in [3.63, 3.8) is 0 Å². The van der Waals surface area contributed by atoms with Gasteiger partial charge in [0.2, 0.25) is 5.91 Å². The maximum atomic E-state index is 11.7. The van der Waals surface area contributed by atoms with Crippen LogP contribution >= 0.6 is 0 Å². The van der Waals surface area contributed by atoms with E-state index in [1.807, 2.05) is 14.0 Å². The van der Waals surface area contributed by atoms with Crippen molar-refractivity contribution in [1.29, 1.82) is 0 Å². The van der Waals surface area contributed by atoms with E-state index in [1.165, 1.54) is 0 Å². The molecule has 1 heterocycles. The highest BCUT2D eigenvalue weighted by Crippen LogP contribution is 2.14. The van der Waals surface area contributed by atoms with Crippen LogP contribution in [0.2, 0.25) is 0 Å². The van der Waals surface area contributed by atoms with Gasteiger partial charge in [0.1, 0.15) is 0 Å². The Labute approximate surface area is 92.4 Å². The third kappa shape index (κ3) is 3.47. The number of nitrogens with two attached hydrogens (primary N) is 1. The summed E-state index contributed by atoms with van der Waals surface area (Å²) in [7, 11) is 1.85. The quantitative estimate of drug-likeness (QED) is 0.725. The zero-order chi connectivity index (χ0) is 11.4. The van der Waals surface area contributed by atoms with Gasteiger partial charge in [-0.3, -0.25) is 9.69 Å². The van der Waals surface area contributed by atoms with Crippen molar-refractivity contribution in [1.82, 2.24) is 9.80 Å². The fraction of sp³-hybridized carbons (Fsp3) is 0.909. The molecule has 15 heavy (non-hydrogen) atoms. The van der Waals surface area contributed by atoms with Crippen LogP contribution in [0, 0.1) is 5.92 Å². The van der Waals surface area contributed by atoms with Crippen molar-refractivity contribution in [2.75, 3.05) is 33.2 Å². The van der Waals surface area contributed by atoms with Crippen LogP contribution < -0.4 is 5.73 Å². The van der Waals surface area contributed by atoms with Crippen LogP contribution in [-0.4, -0.2) is 55.0 Å². The van der Waals surface area contributed by atoms with Crippen LogP contribution in [0.4, 0.5) is 0 Å². The topological polar surface area (TPSA) is 49.6 Å². The van der Waals surface area contributed by atoms with E-state index in [0.29, 0.717) is 18.5 Å². The van der Waals surface area contributed by atoms with E-state index in [9.17, 15) is 4.79 Å². The summed E-state index contributed by atoms with van der Waals surface area (Å²) in [6.45, 7) is 7.37. The zero-order valence-corrected chi connectivity index (χ0v) is 10.1. The number of carbonyl (C=O) groups is 1. The summed E-state index contributed by atoms with van der Waals surface area (Å²) < 4.78 is 0. The molecule has 4 heteroatoms. The predicted octanol–water partition coefficient (Wildman–Crippen LogP) is 0.134. The molecular formula is C11H23N3O. The Morgan fingerprint density at radius 3 is 2.80 bits per heavy atom. The normalized spacial score (nSPS) is 27.7. The van der Waals surface area contributed by atoms with E-state index in [1.54, 1.807) is 4.90 Å². The highest BCUT2D eigenvalue weighted by Gasteiger charge is 2.24. The Morgan fingerprint density at radius 1 is 1.60 bits per heavy atom. The van der Waals surface area contributed by atoms with Crippen molar-refractivity contribution in [3.05, 3.63) is 0 Å². The van der Waals surface area contributed by atoms with Crippen molar-refractivity contribution >= 4 is 5.91 Å². The van der Waals surface area contributed by atoms with Gasteiger partial charge in [0.05, 0.1) is 6.54 Å². The molecule has 1 fully saturated rings. The predicted molar refractivity (Wildman–Crippen MR) is 61.5 cm³/mol. The molecule has 0 aromatic carbocycles. The summed E-state index contributed by atoms with van der Waals surface area (Å²) in [5.41, 5.74) is 5.94. The first-order valence-electron chi connectivity index (χ1n) is 5.76. The molecule has 88 valence electrons. The lowest BCUT2D eigenvalue weighted by Gasteiger charge is -2.35. The second-order valence-corrected chi connectivity index (χ2v) is 4.57. The third-order valence-electron chi connectivity index (χ3n) is 3.31. The maximum absolute atomic E-state index is 11.7. The van der Waals surface area contributed by atoms with E-state index in [-0.39, 0.29) is 5.91 Å². The summed E-state index contributed by atoms with van der Waals surface area (Å²) in [5.74, 6) is 0.707. The highest BCUT2D eigenvalue weighted by atomic mass is 16.2. The molecule has 1 rings (SSSR count). The highest BCUT2D eigenvalue weighted by molar-refractivity contribution is 5.77. The summed E-state index contributed by atoms with van der Waals surface area (Å²) in [6.07, 6.45) is 1.00. The minimum Gasteiger partial charge on any atom is -0.345 e. The van der Waals surface area contributed by atoms with Crippen molar-refractivity contribution in [3.8, 4) is 0 Å². The summed E-state index contributed by atoms with van der Waals surface area (Å²) in [5, 5.41) is 0. The van der Waals surface area contributed by atoms with Crippen molar-refractivity contribution < 1.29 is 4.79 Å². The fourth-order valence-electron chi connectivity index (χ4n) is 1.88. The van der Waals surface area contributed by atoms with E-state index >= 15 is 0 Å². The number of carbonyl (C=O) groups excluding carboxylic acids is 1. The van der Waals surface area contributed by atoms with Crippen LogP contribution in [0.1, 0.15) is 20.3 Å². The first-order valence-corrected chi connectivity index (χ1v) is 5.76. The van der Waals surface area contributed by atoms with Gasteiger partial charge in [0, 0.05) is 32.7 Å². The van der Waals surface area contributed by atoms with E-state index < -0.39 is 0 Å². The van der Waals surface area contributed by atoms with Gasteiger partial charge in [-0.1, -0.05) is 6.92 Å². The molecule has 2 unspecified atom stereocenters. The molecule has 0 aromatic heterocycles. The number of likely N-dealkylation sites (N-methyl/N-ethyl adjacent to an activating group) is 1. The molecule has 0 saturated carbocycles. The number of likely N-dealkylation sites (tertiary alicyclic amines) is 1. The van der Waals surface area contributed by atoms with Gasteiger partial charge < -0.3 is 10.6 Å². The molecule has 2 N–H and O–H groups in total. The minimum absolute atomic E-state index is 0.208. The van der Waals surface area contributed by atoms with Gasteiger partial charge in [0.15, 0.2) is 0 Å². The molecule has 0 aromatic rings. The fourth-order valence-corrected chi connectivity index (χ4v) is 1.88.